The Labute approximate surface area is 118 Å². The minimum absolute atomic E-state index is 0.196. The number of benzene rings is 1. The smallest absolute Gasteiger partial charge is 0.237 e. The lowest BCUT2D eigenvalue weighted by Crippen LogP contribution is -2.54. The molecule has 0 saturated carbocycles. The summed E-state index contributed by atoms with van der Waals surface area (Å²) < 4.78 is 12.8. The van der Waals surface area contributed by atoms with Crippen molar-refractivity contribution in [1.29, 1.82) is 0 Å². The second-order valence-corrected chi connectivity index (χ2v) is 6.33. The lowest BCUT2D eigenvalue weighted by molar-refractivity contribution is -0.124. The Bertz CT molecular complexity index is 424. The maximum absolute atomic E-state index is 12.8. The second-order valence-electron chi connectivity index (χ2n) is 4.81. The quantitative estimate of drug-likeness (QED) is 0.757. The summed E-state index contributed by atoms with van der Waals surface area (Å²) in [7, 11) is 0. The summed E-state index contributed by atoms with van der Waals surface area (Å²) in [5, 5.41) is 3.33. The van der Waals surface area contributed by atoms with Crippen LogP contribution in [0, 0.1) is 5.82 Å². The maximum Gasteiger partial charge on any atom is 0.237 e. The minimum atomic E-state index is -0.707. The zero-order chi connectivity index (χ0) is 14.5. The van der Waals surface area contributed by atoms with Gasteiger partial charge in [-0.25, -0.2) is 4.39 Å². The topological polar surface area (TPSA) is 55.1 Å². The Morgan fingerprint density at radius 3 is 2.53 bits per heavy atom. The van der Waals surface area contributed by atoms with Crippen molar-refractivity contribution in [1.82, 2.24) is 5.32 Å². The van der Waals surface area contributed by atoms with Crippen LogP contribution in [0.25, 0.3) is 0 Å². The first-order chi connectivity index (χ1) is 8.87. The minimum Gasteiger partial charge on any atom is -0.368 e. The van der Waals surface area contributed by atoms with E-state index in [9.17, 15) is 9.18 Å². The van der Waals surface area contributed by atoms with Crippen molar-refractivity contribution in [3.8, 4) is 0 Å². The van der Waals surface area contributed by atoms with Gasteiger partial charge < -0.3 is 11.1 Å². The highest BCUT2D eigenvalue weighted by Gasteiger charge is 2.31. The van der Waals surface area contributed by atoms with E-state index in [-0.39, 0.29) is 17.0 Å². The molecule has 3 N–H and O–H groups in total. The van der Waals surface area contributed by atoms with E-state index in [1.54, 1.807) is 23.9 Å². The standard InChI is InChI=1S/C14H21FN2OS/c1-4-17-14(3,13(16)18)9-10(2)19-12-7-5-11(15)6-8-12/h5-8,10,17H,4,9H2,1-3H3,(H2,16,18). The lowest BCUT2D eigenvalue weighted by atomic mass is 9.95. The number of rotatable bonds is 7. The average molecular weight is 284 g/mol. The molecule has 19 heavy (non-hydrogen) atoms. The Morgan fingerprint density at radius 1 is 1.47 bits per heavy atom. The summed E-state index contributed by atoms with van der Waals surface area (Å²) in [5.74, 6) is -0.590. The largest absolute Gasteiger partial charge is 0.368 e. The molecule has 3 nitrogen and oxygen atoms in total. The van der Waals surface area contributed by atoms with E-state index in [0.29, 0.717) is 13.0 Å². The van der Waals surface area contributed by atoms with E-state index < -0.39 is 5.54 Å². The van der Waals surface area contributed by atoms with Crippen molar-refractivity contribution >= 4 is 17.7 Å². The SMILES string of the molecule is CCNC(C)(CC(C)Sc1ccc(F)cc1)C(N)=O. The molecule has 0 saturated heterocycles. The molecule has 1 amide bonds. The molecule has 2 unspecified atom stereocenters. The first-order valence-electron chi connectivity index (χ1n) is 6.34. The molecule has 0 radical (unpaired) electrons. The third kappa shape index (κ3) is 4.84. The van der Waals surface area contributed by atoms with E-state index in [1.807, 2.05) is 20.8 Å². The molecule has 1 rings (SSSR count). The average Bonchev–Trinajstić information content (AvgIpc) is 2.32. The first-order valence-corrected chi connectivity index (χ1v) is 7.22. The van der Waals surface area contributed by atoms with Crippen LogP contribution in [0.4, 0.5) is 4.39 Å². The number of hydrogen-bond donors (Lipinski definition) is 2. The van der Waals surface area contributed by atoms with Gasteiger partial charge in [0.1, 0.15) is 5.82 Å². The predicted molar refractivity (Wildman–Crippen MR) is 77.6 cm³/mol. The number of likely N-dealkylation sites (N-methyl/N-ethyl adjacent to an activating group) is 1. The summed E-state index contributed by atoms with van der Waals surface area (Å²) in [6, 6.07) is 6.36. The molecular weight excluding hydrogens is 263 g/mol. The van der Waals surface area contributed by atoms with Crippen molar-refractivity contribution in [3.63, 3.8) is 0 Å². The van der Waals surface area contributed by atoms with Gasteiger partial charge in [-0.15, -0.1) is 11.8 Å². The summed E-state index contributed by atoms with van der Waals surface area (Å²) in [5.41, 5.74) is 4.75. The highest BCUT2D eigenvalue weighted by atomic mass is 32.2. The first kappa shape index (κ1) is 16.0. The van der Waals surface area contributed by atoms with E-state index in [2.05, 4.69) is 5.32 Å². The highest BCUT2D eigenvalue weighted by Crippen LogP contribution is 2.28. The third-order valence-electron chi connectivity index (χ3n) is 2.96. The number of nitrogens with two attached hydrogens (primary N) is 1. The number of hydrogen-bond acceptors (Lipinski definition) is 3. The lowest BCUT2D eigenvalue weighted by Gasteiger charge is -2.29. The Kier molecular flexibility index (Phi) is 5.82. The molecular formula is C14H21FN2OS. The number of halogens is 1. The molecule has 1 aromatic carbocycles. The van der Waals surface area contributed by atoms with Crippen LogP contribution in [-0.2, 0) is 4.79 Å². The fourth-order valence-electron chi connectivity index (χ4n) is 2.01. The monoisotopic (exact) mass is 284 g/mol. The molecule has 0 aliphatic heterocycles. The second kappa shape index (κ2) is 6.91. The van der Waals surface area contributed by atoms with Crippen molar-refractivity contribution in [2.24, 2.45) is 5.73 Å². The molecule has 0 heterocycles. The fourth-order valence-corrected chi connectivity index (χ4v) is 3.19. The van der Waals surface area contributed by atoms with Crippen LogP contribution in [0.15, 0.2) is 29.2 Å². The van der Waals surface area contributed by atoms with Gasteiger partial charge in [0.2, 0.25) is 5.91 Å². The van der Waals surface area contributed by atoms with E-state index in [0.717, 1.165) is 4.90 Å². The summed E-state index contributed by atoms with van der Waals surface area (Å²) in [6.07, 6.45) is 0.623. The number of primary amides is 1. The molecule has 0 aliphatic rings. The van der Waals surface area contributed by atoms with Gasteiger partial charge in [-0.3, -0.25) is 4.79 Å². The van der Waals surface area contributed by atoms with Crippen molar-refractivity contribution < 1.29 is 9.18 Å². The van der Waals surface area contributed by atoms with Gasteiger partial charge in [0.05, 0.1) is 5.54 Å². The summed E-state index contributed by atoms with van der Waals surface area (Å²) in [6.45, 7) is 6.49. The van der Waals surface area contributed by atoms with Crippen LogP contribution in [-0.4, -0.2) is 23.2 Å². The fraction of sp³-hybridized carbons (Fsp3) is 0.500. The molecule has 0 aromatic heterocycles. The zero-order valence-electron chi connectivity index (χ0n) is 11.6. The van der Waals surface area contributed by atoms with E-state index >= 15 is 0 Å². The van der Waals surface area contributed by atoms with Crippen LogP contribution in [0.5, 0.6) is 0 Å². The van der Waals surface area contributed by atoms with Gasteiger partial charge in [-0.1, -0.05) is 13.8 Å². The van der Waals surface area contributed by atoms with E-state index in [1.165, 1.54) is 12.1 Å². The van der Waals surface area contributed by atoms with E-state index in [4.69, 9.17) is 5.73 Å². The van der Waals surface area contributed by atoms with Gasteiger partial charge in [0.25, 0.3) is 0 Å². The van der Waals surface area contributed by atoms with Crippen molar-refractivity contribution in [3.05, 3.63) is 30.1 Å². The molecule has 2 atom stereocenters. The summed E-state index contributed by atoms with van der Waals surface area (Å²) >= 11 is 1.61. The molecule has 106 valence electrons. The predicted octanol–water partition coefficient (Wildman–Crippen LogP) is 2.55. The molecule has 5 heteroatoms. The zero-order valence-corrected chi connectivity index (χ0v) is 12.4. The van der Waals surface area contributed by atoms with Gasteiger partial charge >= 0.3 is 0 Å². The number of thioether (sulfide) groups is 1. The Hall–Kier alpha value is -1.07. The van der Waals surface area contributed by atoms with Gasteiger partial charge in [0, 0.05) is 10.1 Å². The van der Waals surface area contributed by atoms with Crippen LogP contribution in [0.1, 0.15) is 27.2 Å². The molecule has 0 bridgehead atoms. The molecule has 0 aliphatic carbocycles. The number of carbonyl (C=O) groups is 1. The van der Waals surface area contributed by atoms with Gasteiger partial charge in [-0.05, 0) is 44.2 Å². The number of carbonyl (C=O) groups excluding carboxylic acids is 1. The third-order valence-corrected chi connectivity index (χ3v) is 4.07. The van der Waals surface area contributed by atoms with Crippen LogP contribution in [0.3, 0.4) is 0 Å². The number of nitrogens with one attached hydrogen (secondary N) is 1. The van der Waals surface area contributed by atoms with Gasteiger partial charge in [0.15, 0.2) is 0 Å². The summed E-state index contributed by atoms with van der Waals surface area (Å²) in [4.78, 5) is 12.5. The van der Waals surface area contributed by atoms with Crippen LogP contribution < -0.4 is 11.1 Å². The highest BCUT2D eigenvalue weighted by molar-refractivity contribution is 7.99. The van der Waals surface area contributed by atoms with Crippen LogP contribution in [0.2, 0.25) is 0 Å². The Balaban J connectivity index is 2.65. The number of amides is 1. The maximum atomic E-state index is 12.8. The normalized spacial score (nSPS) is 15.8. The molecule has 1 aromatic rings. The van der Waals surface area contributed by atoms with Crippen LogP contribution >= 0.6 is 11.8 Å². The molecule has 0 spiro atoms. The van der Waals surface area contributed by atoms with Crippen molar-refractivity contribution in [2.45, 2.75) is 42.9 Å². The van der Waals surface area contributed by atoms with Gasteiger partial charge in [-0.2, -0.15) is 0 Å². The molecule has 0 fully saturated rings. The Morgan fingerprint density at radius 2 is 2.05 bits per heavy atom. The van der Waals surface area contributed by atoms with Crippen molar-refractivity contribution in [2.75, 3.05) is 6.54 Å².